The highest BCUT2D eigenvalue weighted by Crippen LogP contribution is 2.31. The Morgan fingerprint density at radius 2 is 1.62 bits per heavy atom. The zero-order valence-corrected chi connectivity index (χ0v) is 19.8. The zero-order chi connectivity index (χ0) is 26.6. The van der Waals surface area contributed by atoms with Gasteiger partial charge in [0.1, 0.15) is 22.2 Å². The monoisotopic (exact) mass is 533 g/mol. The molecule has 11 heteroatoms. The van der Waals surface area contributed by atoms with Gasteiger partial charge in [0.15, 0.2) is 0 Å². The molecule has 4 aromatic rings. The van der Waals surface area contributed by atoms with E-state index in [4.69, 9.17) is 8.60 Å². The summed E-state index contributed by atoms with van der Waals surface area (Å²) < 4.78 is 88.4. The third kappa shape index (κ3) is 6.36. The van der Waals surface area contributed by atoms with Crippen molar-refractivity contribution in [2.24, 2.45) is 0 Å². The van der Waals surface area contributed by atoms with E-state index in [1.165, 1.54) is 53.6 Å². The van der Waals surface area contributed by atoms with Crippen molar-refractivity contribution in [2.75, 3.05) is 0 Å². The van der Waals surface area contributed by atoms with Crippen LogP contribution < -0.4 is 4.18 Å². The Labute approximate surface area is 209 Å². The molecule has 1 aromatic heterocycles. The molecule has 0 saturated carbocycles. The first-order chi connectivity index (χ1) is 17.5. The van der Waals surface area contributed by atoms with Crippen LogP contribution in [-0.4, -0.2) is 19.2 Å². The minimum atomic E-state index is -4.71. The molecular weight excluding hydrogens is 514 g/mol. The summed E-state index contributed by atoms with van der Waals surface area (Å²) in [6.45, 7) is 0.0663. The van der Waals surface area contributed by atoms with Gasteiger partial charge in [-0.2, -0.15) is 21.6 Å². The Balaban J connectivity index is 1.52. The summed E-state index contributed by atoms with van der Waals surface area (Å²) in [4.78, 5) is 13.8. The highest BCUT2D eigenvalue weighted by molar-refractivity contribution is 7.87. The van der Waals surface area contributed by atoms with Gasteiger partial charge in [0.05, 0.1) is 23.9 Å². The first-order valence-electron chi connectivity index (χ1n) is 10.8. The van der Waals surface area contributed by atoms with Gasteiger partial charge in [-0.3, -0.25) is 4.79 Å². The topological polar surface area (TPSA) is 76.8 Å². The van der Waals surface area contributed by atoms with Crippen molar-refractivity contribution in [3.8, 4) is 5.75 Å². The number of halogens is 4. The van der Waals surface area contributed by atoms with Crippen LogP contribution in [0.25, 0.3) is 0 Å². The van der Waals surface area contributed by atoms with E-state index in [0.717, 1.165) is 18.2 Å². The molecule has 37 heavy (non-hydrogen) atoms. The van der Waals surface area contributed by atoms with E-state index in [1.54, 1.807) is 18.2 Å². The van der Waals surface area contributed by atoms with Gasteiger partial charge in [0, 0.05) is 6.54 Å². The van der Waals surface area contributed by atoms with Gasteiger partial charge in [0.25, 0.3) is 5.91 Å². The fraction of sp³-hybridized carbons (Fsp3) is 0.115. The second-order valence-electron chi connectivity index (χ2n) is 7.93. The number of carbonyl (C=O) groups is 1. The lowest BCUT2D eigenvalue weighted by molar-refractivity contribution is -0.137. The number of alkyl halides is 3. The quantitative estimate of drug-likeness (QED) is 0.204. The molecule has 4 rings (SSSR count). The number of hydrogen-bond acceptors (Lipinski definition) is 5. The molecule has 0 unspecified atom stereocenters. The van der Waals surface area contributed by atoms with E-state index in [0.29, 0.717) is 17.4 Å². The van der Waals surface area contributed by atoms with E-state index in [1.807, 2.05) is 0 Å². The van der Waals surface area contributed by atoms with Gasteiger partial charge >= 0.3 is 16.3 Å². The van der Waals surface area contributed by atoms with Crippen molar-refractivity contribution in [3.63, 3.8) is 0 Å². The molecule has 0 spiro atoms. The first kappa shape index (κ1) is 26.0. The van der Waals surface area contributed by atoms with Crippen molar-refractivity contribution in [1.29, 1.82) is 0 Å². The van der Waals surface area contributed by atoms with Crippen molar-refractivity contribution in [3.05, 3.63) is 119 Å². The van der Waals surface area contributed by atoms with Crippen molar-refractivity contribution >= 4 is 16.0 Å². The van der Waals surface area contributed by atoms with Crippen LogP contribution in [0.1, 0.15) is 27.2 Å². The number of carbonyl (C=O) groups excluding carboxylic acids is 1. The summed E-state index contributed by atoms with van der Waals surface area (Å²) in [6.07, 6.45) is -3.27. The second kappa shape index (κ2) is 10.5. The molecule has 1 heterocycles. The molecule has 0 fully saturated rings. The Kier molecular flexibility index (Phi) is 7.35. The SMILES string of the molecule is O=C(c1ccccc1F)N(Cc1ccc(OS(=O)(=O)c2cccc(C(F)(F)F)c2)cc1)Cc1ccco1. The predicted molar refractivity (Wildman–Crippen MR) is 124 cm³/mol. The number of rotatable bonds is 8. The molecule has 1 amide bonds. The maximum atomic E-state index is 14.3. The molecular formula is C26H19F4NO5S. The third-order valence-corrected chi connectivity index (χ3v) is 6.51. The van der Waals surface area contributed by atoms with Crippen LogP contribution in [0.3, 0.4) is 0 Å². The van der Waals surface area contributed by atoms with Gasteiger partial charge in [-0.05, 0) is 60.2 Å². The van der Waals surface area contributed by atoms with Gasteiger partial charge in [-0.1, -0.05) is 30.3 Å². The summed E-state index contributed by atoms with van der Waals surface area (Å²) >= 11 is 0. The number of nitrogens with zero attached hydrogens (tertiary/aromatic N) is 1. The van der Waals surface area contributed by atoms with Gasteiger partial charge in [-0.25, -0.2) is 4.39 Å². The van der Waals surface area contributed by atoms with E-state index < -0.39 is 38.5 Å². The second-order valence-corrected chi connectivity index (χ2v) is 9.47. The van der Waals surface area contributed by atoms with E-state index in [2.05, 4.69) is 0 Å². The van der Waals surface area contributed by atoms with Crippen molar-refractivity contribution < 1.29 is 39.4 Å². The van der Waals surface area contributed by atoms with Crippen LogP contribution in [-0.2, 0) is 29.4 Å². The fourth-order valence-electron chi connectivity index (χ4n) is 3.47. The summed E-state index contributed by atoms with van der Waals surface area (Å²) in [6, 6.07) is 17.7. The number of furan rings is 1. The molecule has 0 aliphatic heterocycles. The van der Waals surface area contributed by atoms with Gasteiger partial charge < -0.3 is 13.5 Å². The van der Waals surface area contributed by atoms with E-state index in [9.17, 15) is 30.8 Å². The Bertz CT molecular complexity index is 1480. The highest BCUT2D eigenvalue weighted by atomic mass is 32.2. The lowest BCUT2D eigenvalue weighted by Gasteiger charge is -2.22. The molecule has 0 atom stereocenters. The Morgan fingerprint density at radius 1 is 0.892 bits per heavy atom. The summed E-state index contributed by atoms with van der Waals surface area (Å²) in [5, 5.41) is 0. The van der Waals surface area contributed by atoms with Crippen molar-refractivity contribution in [2.45, 2.75) is 24.2 Å². The number of hydrogen-bond donors (Lipinski definition) is 0. The molecule has 0 radical (unpaired) electrons. The summed E-state index contributed by atoms with van der Waals surface area (Å²) in [5.41, 5.74) is -0.690. The minimum Gasteiger partial charge on any atom is -0.467 e. The molecule has 0 aliphatic carbocycles. The van der Waals surface area contributed by atoms with Crippen LogP contribution in [0.15, 0.2) is 101 Å². The normalized spacial score (nSPS) is 11.8. The fourth-order valence-corrected chi connectivity index (χ4v) is 4.45. The molecule has 192 valence electrons. The molecule has 0 N–H and O–H groups in total. The predicted octanol–water partition coefficient (Wildman–Crippen LogP) is 6.05. The number of amides is 1. The molecule has 0 bridgehead atoms. The summed E-state index contributed by atoms with van der Waals surface area (Å²) in [5.74, 6) is -0.932. The molecule has 0 saturated heterocycles. The van der Waals surface area contributed by atoms with Crippen LogP contribution in [0.5, 0.6) is 5.75 Å². The van der Waals surface area contributed by atoms with Crippen molar-refractivity contribution in [1.82, 2.24) is 4.90 Å². The Hall–Kier alpha value is -4.12. The molecule has 6 nitrogen and oxygen atoms in total. The lowest BCUT2D eigenvalue weighted by atomic mass is 10.1. The maximum Gasteiger partial charge on any atom is 0.416 e. The number of benzene rings is 3. The first-order valence-corrected chi connectivity index (χ1v) is 12.2. The smallest absolute Gasteiger partial charge is 0.416 e. The van der Waals surface area contributed by atoms with E-state index >= 15 is 0 Å². The van der Waals surface area contributed by atoms with Crippen LogP contribution in [0.2, 0.25) is 0 Å². The largest absolute Gasteiger partial charge is 0.467 e. The molecule has 3 aromatic carbocycles. The highest BCUT2D eigenvalue weighted by Gasteiger charge is 2.32. The minimum absolute atomic E-state index is 0.0223. The third-order valence-electron chi connectivity index (χ3n) is 5.27. The Morgan fingerprint density at radius 3 is 2.27 bits per heavy atom. The lowest BCUT2D eigenvalue weighted by Crippen LogP contribution is -2.30. The van der Waals surface area contributed by atoms with Gasteiger partial charge in [0.2, 0.25) is 0 Å². The van der Waals surface area contributed by atoms with E-state index in [-0.39, 0.29) is 24.4 Å². The van der Waals surface area contributed by atoms with Gasteiger partial charge in [-0.15, -0.1) is 0 Å². The van der Waals surface area contributed by atoms with Crippen LogP contribution in [0.4, 0.5) is 17.6 Å². The van der Waals surface area contributed by atoms with Crippen LogP contribution >= 0.6 is 0 Å². The maximum absolute atomic E-state index is 14.3. The van der Waals surface area contributed by atoms with Crippen LogP contribution in [0, 0.1) is 5.82 Å². The average molecular weight is 533 g/mol. The summed E-state index contributed by atoms with van der Waals surface area (Å²) in [7, 11) is -4.54. The molecule has 0 aliphatic rings. The zero-order valence-electron chi connectivity index (χ0n) is 19.0. The standard InChI is InChI=1S/C26H19F4NO5S/c27-24-9-2-1-8-23(24)25(32)31(17-21-6-4-14-35-21)16-18-10-12-20(13-11-18)36-37(33,34)22-7-3-5-19(15-22)26(28,29)30/h1-15H,16-17H2. The average Bonchev–Trinajstić information content (AvgIpc) is 3.37.